The lowest BCUT2D eigenvalue weighted by Gasteiger charge is -2.23. The first-order chi connectivity index (χ1) is 9.91. The molecule has 2 heterocycles. The van der Waals surface area contributed by atoms with E-state index >= 15 is 0 Å². The van der Waals surface area contributed by atoms with E-state index in [-0.39, 0.29) is 5.02 Å². The number of anilines is 1. The van der Waals surface area contributed by atoms with Crippen molar-refractivity contribution in [3.05, 3.63) is 22.8 Å². The van der Waals surface area contributed by atoms with Crippen LogP contribution in [0.3, 0.4) is 0 Å². The third-order valence-electron chi connectivity index (χ3n) is 3.44. The van der Waals surface area contributed by atoms with Crippen LogP contribution in [-0.2, 0) is 6.18 Å². The Morgan fingerprint density at radius 1 is 1.24 bits per heavy atom. The molecule has 118 valence electrons. The zero-order valence-corrected chi connectivity index (χ0v) is 13.7. The molecule has 0 unspecified atom stereocenters. The van der Waals surface area contributed by atoms with Crippen LogP contribution in [-0.4, -0.2) is 47.9 Å². The summed E-state index contributed by atoms with van der Waals surface area (Å²) in [6.45, 7) is 4.24. The number of hydrogen-bond acceptors (Lipinski definition) is 3. The Labute approximate surface area is 135 Å². The summed E-state index contributed by atoms with van der Waals surface area (Å²) >= 11 is 9.41. The van der Waals surface area contributed by atoms with Gasteiger partial charge in [0.2, 0.25) is 0 Å². The summed E-state index contributed by atoms with van der Waals surface area (Å²) in [6, 6.07) is 0.949. The Morgan fingerprint density at radius 2 is 2.00 bits per heavy atom. The van der Waals surface area contributed by atoms with E-state index in [4.69, 9.17) is 11.6 Å². The molecular weight excluding hydrogens is 371 g/mol. The molecule has 1 fully saturated rings. The molecule has 0 saturated carbocycles. The first kappa shape index (κ1) is 16.8. The maximum absolute atomic E-state index is 12.6. The van der Waals surface area contributed by atoms with Crippen molar-refractivity contribution in [1.29, 1.82) is 0 Å². The Kier molecular flexibility index (Phi) is 5.73. The predicted molar refractivity (Wildman–Crippen MR) is 81.3 cm³/mol. The normalized spacial score (nSPS) is 17.9. The van der Waals surface area contributed by atoms with Crippen LogP contribution >= 0.6 is 27.5 Å². The lowest BCUT2D eigenvalue weighted by molar-refractivity contribution is -0.137. The number of nitrogens with zero attached hydrogens (tertiary/aromatic N) is 3. The van der Waals surface area contributed by atoms with Crippen molar-refractivity contribution < 1.29 is 13.2 Å². The number of hydrogen-bond donors (Lipinski definition) is 0. The van der Waals surface area contributed by atoms with Gasteiger partial charge in [0, 0.05) is 37.7 Å². The minimum absolute atomic E-state index is 0.0544. The van der Waals surface area contributed by atoms with Crippen molar-refractivity contribution in [3.8, 4) is 0 Å². The first-order valence-electron chi connectivity index (χ1n) is 6.68. The lowest BCUT2D eigenvalue weighted by atomic mass is 10.2. The van der Waals surface area contributed by atoms with E-state index in [1.54, 1.807) is 0 Å². The summed E-state index contributed by atoms with van der Waals surface area (Å²) in [7, 11) is 0. The van der Waals surface area contributed by atoms with Crippen LogP contribution in [0, 0.1) is 0 Å². The first-order valence-corrected chi connectivity index (χ1v) is 8.18. The molecule has 3 nitrogen and oxygen atoms in total. The number of pyridine rings is 1. The largest absolute Gasteiger partial charge is 0.417 e. The lowest BCUT2D eigenvalue weighted by Crippen LogP contribution is -2.32. The van der Waals surface area contributed by atoms with Crippen molar-refractivity contribution in [2.24, 2.45) is 0 Å². The molecule has 0 N–H and O–H groups in total. The van der Waals surface area contributed by atoms with Gasteiger partial charge in [0.25, 0.3) is 0 Å². The van der Waals surface area contributed by atoms with Gasteiger partial charge in [-0.05, 0) is 19.0 Å². The van der Waals surface area contributed by atoms with E-state index in [0.29, 0.717) is 12.4 Å². The molecule has 1 aromatic heterocycles. The van der Waals surface area contributed by atoms with Crippen molar-refractivity contribution in [2.45, 2.75) is 12.6 Å². The summed E-state index contributed by atoms with van der Waals surface area (Å²) in [5.41, 5.74) is -0.813. The average molecular weight is 387 g/mol. The molecule has 0 spiro atoms. The summed E-state index contributed by atoms with van der Waals surface area (Å²) in [5.74, 6) is 0.436. The molecule has 0 bridgehead atoms. The summed E-state index contributed by atoms with van der Waals surface area (Å²) < 4.78 is 37.9. The molecule has 0 aliphatic carbocycles. The molecule has 2 rings (SSSR count). The van der Waals surface area contributed by atoms with Crippen LogP contribution in [0.5, 0.6) is 0 Å². The second kappa shape index (κ2) is 7.15. The smallest absolute Gasteiger partial charge is 0.354 e. The van der Waals surface area contributed by atoms with Gasteiger partial charge in [-0.15, -0.1) is 0 Å². The monoisotopic (exact) mass is 385 g/mol. The van der Waals surface area contributed by atoms with Gasteiger partial charge in [-0.1, -0.05) is 27.5 Å². The quantitative estimate of drug-likeness (QED) is 0.739. The van der Waals surface area contributed by atoms with Crippen LogP contribution in [0.1, 0.15) is 12.0 Å². The second-order valence-corrected chi connectivity index (χ2v) is 6.10. The standard InChI is InChI=1S/C13H16BrClF3N3/c14-2-5-20-3-1-4-21(7-6-20)12-11(15)8-10(9-19-12)13(16,17)18/h8-9H,1-7H2. The molecule has 0 amide bonds. The summed E-state index contributed by atoms with van der Waals surface area (Å²) in [5, 5.41) is 0.963. The van der Waals surface area contributed by atoms with Crippen LogP contribution in [0.25, 0.3) is 0 Å². The highest BCUT2D eigenvalue weighted by Gasteiger charge is 2.32. The SMILES string of the molecule is FC(F)(F)c1cnc(N2CCCN(CCBr)CC2)c(Cl)c1. The van der Waals surface area contributed by atoms with Crippen LogP contribution < -0.4 is 4.90 Å². The van der Waals surface area contributed by atoms with E-state index in [1.165, 1.54) is 0 Å². The van der Waals surface area contributed by atoms with E-state index in [2.05, 4.69) is 25.8 Å². The van der Waals surface area contributed by atoms with Crippen molar-refractivity contribution >= 4 is 33.3 Å². The zero-order valence-electron chi connectivity index (χ0n) is 11.3. The molecule has 0 radical (unpaired) electrons. The summed E-state index contributed by atoms with van der Waals surface area (Å²) in [6.07, 6.45) is -2.63. The zero-order chi connectivity index (χ0) is 15.5. The molecule has 1 aliphatic heterocycles. The number of rotatable bonds is 3. The minimum atomic E-state index is -4.42. The highest BCUT2D eigenvalue weighted by molar-refractivity contribution is 9.09. The fourth-order valence-electron chi connectivity index (χ4n) is 2.34. The Balaban J connectivity index is 2.11. The van der Waals surface area contributed by atoms with Crippen molar-refractivity contribution in [1.82, 2.24) is 9.88 Å². The van der Waals surface area contributed by atoms with E-state index in [0.717, 1.165) is 50.2 Å². The highest BCUT2D eigenvalue weighted by atomic mass is 79.9. The van der Waals surface area contributed by atoms with Gasteiger partial charge in [0.15, 0.2) is 0 Å². The van der Waals surface area contributed by atoms with Crippen LogP contribution in [0.2, 0.25) is 5.02 Å². The predicted octanol–water partition coefficient (Wildman–Crippen LogP) is 3.66. The molecule has 1 aliphatic rings. The van der Waals surface area contributed by atoms with Gasteiger partial charge in [0.05, 0.1) is 10.6 Å². The maximum Gasteiger partial charge on any atom is 0.417 e. The molecule has 0 aromatic carbocycles. The summed E-state index contributed by atoms with van der Waals surface area (Å²) in [4.78, 5) is 8.19. The molecule has 1 saturated heterocycles. The van der Waals surface area contributed by atoms with Crippen LogP contribution in [0.15, 0.2) is 12.3 Å². The number of aromatic nitrogens is 1. The molecule has 1 aromatic rings. The van der Waals surface area contributed by atoms with E-state index in [1.807, 2.05) is 4.90 Å². The maximum atomic E-state index is 12.6. The third kappa shape index (κ3) is 4.47. The van der Waals surface area contributed by atoms with E-state index < -0.39 is 11.7 Å². The van der Waals surface area contributed by atoms with Gasteiger partial charge < -0.3 is 9.80 Å². The van der Waals surface area contributed by atoms with Gasteiger partial charge in [-0.3, -0.25) is 0 Å². The average Bonchev–Trinajstić information content (AvgIpc) is 2.64. The molecule has 0 atom stereocenters. The molecular formula is C13H16BrClF3N3. The van der Waals surface area contributed by atoms with Crippen molar-refractivity contribution in [3.63, 3.8) is 0 Å². The number of alkyl halides is 4. The minimum Gasteiger partial charge on any atom is -0.354 e. The molecule has 21 heavy (non-hydrogen) atoms. The molecule has 8 heteroatoms. The third-order valence-corrected chi connectivity index (χ3v) is 4.07. The second-order valence-electron chi connectivity index (χ2n) is 4.90. The Morgan fingerprint density at radius 3 is 2.62 bits per heavy atom. The number of halogens is 5. The highest BCUT2D eigenvalue weighted by Crippen LogP contribution is 2.33. The van der Waals surface area contributed by atoms with Gasteiger partial charge in [0.1, 0.15) is 5.82 Å². The van der Waals surface area contributed by atoms with E-state index in [9.17, 15) is 13.2 Å². The van der Waals surface area contributed by atoms with Gasteiger partial charge >= 0.3 is 6.18 Å². The van der Waals surface area contributed by atoms with Gasteiger partial charge in [-0.25, -0.2) is 4.98 Å². The fourth-order valence-corrected chi connectivity index (χ4v) is 3.13. The fraction of sp³-hybridized carbons (Fsp3) is 0.615. The Bertz CT molecular complexity index is 484. The van der Waals surface area contributed by atoms with Crippen molar-refractivity contribution in [2.75, 3.05) is 43.0 Å². The Hall–Kier alpha value is -0.530. The van der Waals surface area contributed by atoms with Crippen LogP contribution in [0.4, 0.5) is 19.0 Å². The van der Waals surface area contributed by atoms with Gasteiger partial charge in [-0.2, -0.15) is 13.2 Å². The topological polar surface area (TPSA) is 19.4 Å².